The van der Waals surface area contributed by atoms with Crippen molar-refractivity contribution in [1.82, 2.24) is 0 Å². The monoisotopic (exact) mass is 775 g/mol. The van der Waals surface area contributed by atoms with Crippen LogP contribution in [0.5, 0.6) is 0 Å². The summed E-state index contributed by atoms with van der Waals surface area (Å²) in [7, 11) is 0. The second kappa shape index (κ2) is 47.1. The zero-order valence-electron chi connectivity index (χ0n) is 37.8. The van der Waals surface area contributed by atoms with Gasteiger partial charge in [-0.05, 0) is 44.9 Å². The largest absolute Gasteiger partial charge is 0.466 e. The van der Waals surface area contributed by atoms with E-state index >= 15 is 0 Å². The maximum Gasteiger partial charge on any atom is 0.309 e. The van der Waals surface area contributed by atoms with E-state index in [2.05, 4.69) is 32.9 Å². The summed E-state index contributed by atoms with van der Waals surface area (Å²) in [6.07, 6.45) is 55.9. The fourth-order valence-corrected chi connectivity index (χ4v) is 7.74. The number of ether oxygens (including phenoxy) is 2. The summed E-state index contributed by atoms with van der Waals surface area (Å²) in [5, 5.41) is 0. The summed E-state index contributed by atoms with van der Waals surface area (Å²) in [6.45, 7) is 7.79. The van der Waals surface area contributed by atoms with Crippen molar-refractivity contribution in [2.75, 3.05) is 13.2 Å². The third-order valence-corrected chi connectivity index (χ3v) is 11.6. The Morgan fingerprint density at radius 2 is 0.655 bits per heavy atom. The topological polar surface area (TPSA) is 52.6 Å². The van der Waals surface area contributed by atoms with Crippen LogP contribution in [0.2, 0.25) is 0 Å². The highest BCUT2D eigenvalue weighted by Gasteiger charge is 2.24. The normalized spacial score (nSPS) is 12.1. The summed E-state index contributed by atoms with van der Waals surface area (Å²) in [4.78, 5) is 25.9. The Hall–Kier alpha value is -1.32. The highest BCUT2D eigenvalue weighted by atomic mass is 16.5. The molecule has 4 nitrogen and oxygen atoms in total. The third kappa shape index (κ3) is 43.6. The van der Waals surface area contributed by atoms with Crippen molar-refractivity contribution in [3.05, 3.63) is 12.2 Å². The van der Waals surface area contributed by atoms with Crippen LogP contribution < -0.4 is 0 Å². The third-order valence-electron chi connectivity index (χ3n) is 11.6. The Kier molecular flexibility index (Phi) is 45.9. The molecule has 1 atom stereocenters. The molecule has 0 N–H and O–H groups in total. The fourth-order valence-electron chi connectivity index (χ4n) is 7.74. The molecule has 0 spiro atoms. The number of unbranched alkanes of at least 4 members (excludes halogenated alkanes) is 35. The Morgan fingerprint density at radius 3 is 1.02 bits per heavy atom. The zero-order valence-corrected chi connectivity index (χ0v) is 37.8. The Morgan fingerprint density at radius 1 is 0.364 bits per heavy atom. The summed E-state index contributed by atoms with van der Waals surface area (Å²) in [5.74, 6) is -0.786. The van der Waals surface area contributed by atoms with Gasteiger partial charge in [0.05, 0.1) is 25.6 Å². The van der Waals surface area contributed by atoms with Crippen LogP contribution in [0, 0.1) is 5.92 Å². The average molecular weight is 775 g/mol. The first-order valence-electron chi connectivity index (χ1n) is 25.1. The number of hydrogen-bond donors (Lipinski definition) is 0. The molecule has 0 aromatic rings. The van der Waals surface area contributed by atoms with Crippen LogP contribution in [0.15, 0.2) is 12.2 Å². The molecule has 4 heteroatoms. The first-order chi connectivity index (χ1) is 27.2. The second-order valence-electron chi connectivity index (χ2n) is 17.1. The first-order valence-corrected chi connectivity index (χ1v) is 25.1. The number of hydrogen-bond acceptors (Lipinski definition) is 4. The first kappa shape index (κ1) is 53.7. The van der Waals surface area contributed by atoms with Gasteiger partial charge in [0.2, 0.25) is 0 Å². The summed E-state index contributed by atoms with van der Waals surface area (Å²) < 4.78 is 11.4. The van der Waals surface area contributed by atoms with Crippen LogP contribution in [0.25, 0.3) is 0 Å². The van der Waals surface area contributed by atoms with Gasteiger partial charge in [0.25, 0.3) is 0 Å². The van der Waals surface area contributed by atoms with Crippen LogP contribution in [0.3, 0.4) is 0 Å². The van der Waals surface area contributed by atoms with E-state index in [1.165, 1.54) is 212 Å². The van der Waals surface area contributed by atoms with E-state index in [4.69, 9.17) is 9.47 Å². The van der Waals surface area contributed by atoms with Gasteiger partial charge >= 0.3 is 11.9 Å². The molecule has 0 bridgehead atoms. The molecule has 0 aliphatic rings. The van der Waals surface area contributed by atoms with Crippen molar-refractivity contribution in [3.8, 4) is 0 Å². The molecule has 0 fully saturated rings. The highest BCUT2D eigenvalue weighted by Crippen LogP contribution is 2.20. The Balaban J connectivity index is 4.21. The lowest BCUT2D eigenvalue weighted by atomic mass is 9.97. The summed E-state index contributed by atoms with van der Waals surface area (Å²) in [5.41, 5.74) is 0. The van der Waals surface area contributed by atoms with Gasteiger partial charge < -0.3 is 9.47 Å². The lowest BCUT2D eigenvalue weighted by Crippen LogP contribution is -2.23. The molecule has 0 aromatic heterocycles. The molecule has 1 unspecified atom stereocenters. The summed E-state index contributed by atoms with van der Waals surface area (Å²) >= 11 is 0. The van der Waals surface area contributed by atoms with Crippen molar-refractivity contribution in [2.24, 2.45) is 5.92 Å². The number of carbonyl (C=O) groups is 2. The molecular weight excluding hydrogens is 677 g/mol. The van der Waals surface area contributed by atoms with E-state index < -0.39 is 0 Å². The molecule has 55 heavy (non-hydrogen) atoms. The Labute approximate surface area is 345 Å². The van der Waals surface area contributed by atoms with Crippen LogP contribution in [0.4, 0.5) is 0 Å². The molecule has 0 amide bonds. The van der Waals surface area contributed by atoms with Gasteiger partial charge in [-0.3, -0.25) is 9.59 Å². The molecule has 0 radical (unpaired) electrons. The van der Waals surface area contributed by atoms with Gasteiger partial charge in [-0.15, -0.1) is 0 Å². The van der Waals surface area contributed by atoms with Gasteiger partial charge in [-0.25, -0.2) is 0 Å². The predicted molar refractivity (Wildman–Crippen MR) is 241 cm³/mol. The van der Waals surface area contributed by atoms with E-state index in [1.807, 2.05) is 0 Å². The van der Waals surface area contributed by atoms with Crippen molar-refractivity contribution >= 4 is 11.9 Å². The minimum atomic E-state index is -0.369. The molecule has 0 saturated heterocycles. The van der Waals surface area contributed by atoms with Crippen molar-refractivity contribution in [1.29, 1.82) is 0 Å². The van der Waals surface area contributed by atoms with Gasteiger partial charge in [0.15, 0.2) is 0 Å². The van der Waals surface area contributed by atoms with E-state index in [0.717, 1.165) is 44.9 Å². The van der Waals surface area contributed by atoms with Crippen molar-refractivity contribution < 1.29 is 19.1 Å². The molecular formula is C51H98O4. The SMILES string of the molecule is CCCCCCCCCCCC/C=C/CCCCCCCC(CC(=O)OCCCCCCCCCCCCC)C(=O)OCCCCCCCCCCCCC. The van der Waals surface area contributed by atoms with E-state index in [0.29, 0.717) is 13.2 Å². The molecule has 0 saturated carbocycles. The van der Waals surface area contributed by atoms with Gasteiger partial charge in [-0.1, -0.05) is 245 Å². The lowest BCUT2D eigenvalue weighted by molar-refractivity contribution is -0.155. The molecule has 0 aromatic carbocycles. The van der Waals surface area contributed by atoms with E-state index in [1.54, 1.807) is 0 Å². The van der Waals surface area contributed by atoms with E-state index in [-0.39, 0.29) is 24.3 Å². The van der Waals surface area contributed by atoms with Crippen LogP contribution in [0.1, 0.15) is 284 Å². The van der Waals surface area contributed by atoms with Crippen LogP contribution in [-0.4, -0.2) is 25.2 Å². The number of rotatable bonds is 46. The fraction of sp³-hybridized carbons (Fsp3) is 0.922. The maximum atomic E-state index is 13.1. The van der Waals surface area contributed by atoms with Crippen molar-refractivity contribution in [2.45, 2.75) is 284 Å². The highest BCUT2D eigenvalue weighted by molar-refractivity contribution is 5.79. The number of carbonyl (C=O) groups excluding carboxylic acids is 2. The van der Waals surface area contributed by atoms with Gasteiger partial charge in [-0.2, -0.15) is 0 Å². The molecule has 0 rings (SSSR count). The van der Waals surface area contributed by atoms with Crippen LogP contribution in [-0.2, 0) is 19.1 Å². The van der Waals surface area contributed by atoms with E-state index in [9.17, 15) is 9.59 Å². The predicted octanol–water partition coefficient (Wildman–Crippen LogP) is 17.3. The average Bonchev–Trinajstić information content (AvgIpc) is 3.19. The molecule has 0 aliphatic carbocycles. The minimum absolute atomic E-state index is 0.166. The second-order valence-corrected chi connectivity index (χ2v) is 17.1. The minimum Gasteiger partial charge on any atom is -0.466 e. The maximum absolute atomic E-state index is 13.1. The summed E-state index contributed by atoms with van der Waals surface area (Å²) in [6, 6.07) is 0. The number of allylic oxidation sites excluding steroid dienone is 2. The molecule has 326 valence electrons. The number of esters is 2. The molecule has 0 aliphatic heterocycles. The lowest BCUT2D eigenvalue weighted by Gasteiger charge is -2.16. The van der Waals surface area contributed by atoms with Gasteiger partial charge in [0.1, 0.15) is 0 Å². The Bertz CT molecular complexity index is 792. The quantitative estimate of drug-likeness (QED) is 0.0351. The molecule has 0 heterocycles. The standard InChI is InChI=1S/C51H98O4/c1-4-7-10-13-16-19-22-23-24-25-26-27-28-29-30-33-36-39-42-45-49(51(53)55-47-44-41-38-35-32-21-18-15-12-9-6-3)48-50(52)54-46-43-40-37-34-31-20-17-14-11-8-5-2/h27-28,49H,4-26,29-48H2,1-3H3/b28-27+. The van der Waals surface area contributed by atoms with Crippen molar-refractivity contribution in [3.63, 3.8) is 0 Å². The van der Waals surface area contributed by atoms with Gasteiger partial charge in [0, 0.05) is 0 Å². The van der Waals surface area contributed by atoms with Crippen LogP contribution >= 0.6 is 0 Å². The smallest absolute Gasteiger partial charge is 0.309 e. The zero-order chi connectivity index (χ0) is 40.0.